The van der Waals surface area contributed by atoms with E-state index in [-0.39, 0.29) is 10.3 Å². The first-order chi connectivity index (χ1) is 12.2. The molecule has 0 spiro atoms. The summed E-state index contributed by atoms with van der Waals surface area (Å²) in [5.74, 6) is 0.856. The van der Waals surface area contributed by atoms with Crippen LogP contribution in [0.2, 0.25) is 5.02 Å². The van der Waals surface area contributed by atoms with Gasteiger partial charge in [-0.15, -0.1) is 0 Å². The molecule has 0 aliphatic carbocycles. The van der Waals surface area contributed by atoms with Crippen LogP contribution in [0.15, 0.2) is 62.6 Å². The summed E-state index contributed by atoms with van der Waals surface area (Å²) in [5.41, 5.74) is 2.38. The quantitative estimate of drug-likeness (QED) is 0.655. The van der Waals surface area contributed by atoms with Gasteiger partial charge in [0.25, 0.3) is 0 Å². The number of halogens is 1. The number of sulfone groups is 1. The maximum Gasteiger partial charge on any atom is 0.193 e. The molecule has 1 aromatic heterocycles. The fourth-order valence-corrected chi connectivity index (χ4v) is 3.50. The molecule has 6 heteroatoms. The van der Waals surface area contributed by atoms with Crippen molar-refractivity contribution in [2.45, 2.75) is 18.7 Å². The Morgan fingerprint density at radius 3 is 2.12 bits per heavy atom. The van der Waals surface area contributed by atoms with E-state index >= 15 is 0 Å². The molecule has 26 heavy (non-hydrogen) atoms. The van der Waals surface area contributed by atoms with Crippen LogP contribution in [0, 0.1) is 13.8 Å². The predicted molar refractivity (Wildman–Crippen MR) is 103 cm³/mol. The van der Waals surface area contributed by atoms with Crippen LogP contribution >= 0.6 is 11.6 Å². The molecule has 0 unspecified atom stereocenters. The summed E-state index contributed by atoms with van der Waals surface area (Å²) in [5, 5.41) is 0.556. The lowest BCUT2D eigenvalue weighted by Crippen LogP contribution is -2.06. The summed E-state index contributed by atoms with van der Waals surface area (Å²) in [6, 6.07) is 13.1. The van der Waals surface area contributed by atoms with Gasteiger partial charge in [0.05, 0.1) is 10.5 Å². The Morgan fingerprint density at radius 1 is 0.923 bits per heavy atom. The summed E-state index contributed by atoms with van der Waals surface area (Å²) >= 11 is 6.22. The van der Waals surface area contributed by atoms with E-state index in [2.05, 4.69) is 0 Å². The number of aryl methyl sites for hydroxylation is 2. The third-order valence-corrected chi connectivity index (χ3v) is 5.61. The van der Waals surface area contributed by atoms with E-state index in [4.69, 9.17) is 16.0 Å². The largest absolute Gasteiger partial charge is 0.460 e. The summed E-state index contributed by atoms with van der Waals surface area (Å²) in [7, 11) is -3.30. The van der Waals surface area contributed by atoms with Gasteiger partial charge in [-0.25, -0.2) is 8.42 Å². The van der Waals surface area contributed by atoms with Crippen molar-refractivity contribution in [2.75, 3.05) is 6.26 Å². The number of benzene rings is 2. The van der Waals surface area contributed by atoms with E-state index < -0.39 is 9.84 Å². The topological polar surface area (TPSA) is 64.3 Å². The lowest BCUT2D eigenvalue weighted by atomic mass is 9.99. The van der Waals surface area contributed by atoms with Crippen LogP contribution in [-0.4, -0.2) is 14.7 Å². The van der Waals surface area contributed by atoms with Gasteiger partial charge in [0.1, 0.15) is 11.5 Å². The van der Waals surface area contributed by atoms with Crippen LogP contribution in [0.5, 0.6) is 0 Å². The third-order valence-electron chi connectivity index (χ3n) is 4.08. The SMILES string of the molecule is Cc1cc(=O)c(-c2ccc(C)c(Cl)c2)c(-c2ccc(S(C)(=O)=O)cc2)o1. The first-order valence-corrected chi connectivity index (χ1v) is 10.2. The molecule has 3 rings (SSSR count). The van der Waals surface area contributed by atoms with Crippen molar-refractivity contribution < 1.29 is 12.8 Å². The van der Waals surface area contributed by atoms with Crippen molar-refractivity contribution in [3.8, 4) is 22.5 Å². The van der Waals surface area contributed by atoms with E-state index in [1.165, 1.54) is 18.2 Å². The van der Waals surface area contributed by atoms with Crippen molar-refractivity contribution in [3.63, 3.8) is 0 Å². The average Bonchev–Trinajstić information content (AvgIpc) is 2.56. The molecular formula is C20H17ClO4S. The highest BCUT2D eigenvalue weighted by Gasteiger charge is 2.17. The minimum Gasteiger partial charge on any atom is -0.460 e. The third kappa shape index (κ3) is 3.59. The first kappa shape index (κ1) is 18.4. The van der Waals surface area contributed by atoms with Crippen molar-refractivity contribution in [3.05, 3.63) is 75.1 Å². The van der Waals surface area contributed by atoms with Gasteiger partial charge in [0, 0.05) is 22.9 Å². The predicted octanol–water partition coefficient (Wildman–Crippen LogP) is 4.65. The molecular weight excluding hydrogens is 372 g/mol. The Morgan fingerprint density at radius 2 is 1.54 bits per heavy atom. The van der Waals surface area contributed by atoms with Crippen molar-refractivity contribution in [1.82, 2.24) is 0 Å². The highest BCUT2D eigenvalue weighted by Crippen LogP contribution is 2.32. The molecule has 1 heterocycles. The van der Waals surface area contributed by atoms with Gasteiger partial charge in [-0.05, 0) is 55.3 Å². The Kier molecular flexibility index (Phi) is 4.78. The van der Waals surface area contributed by atoms with Gasteiger partial charge >= 0.3 is 0 Å². The molecule has 0 radical (unpaired) electrons. The minimum atomic E-state index is -3.30. The van der Waals surface area contributed by atoms with E-state index in [1.807, 2.05) is 19.1 Å². The van der Waals surface area contributed by atoms with Crippen molar-refractivity contribution in [1.29, 1.82) is 0 Å². The molecule has 0 N–H and O–H groups in total. The molecule has 0 saturated heterocycles. The van der Waals surface area contributed by atoms with E-state index in [9.17, 15) is 13.2 Å². The molecule has 3 aromatic rings. The summed E-state index contributed by atoms with van der Waals surface area (Å²) in [6.45, 7) is 3.58. The van der Waals surface area contributed by atoms with Crippen LogP contribution < -0.4 is 5.43 Å². The Bertz CT molecular complexity index is 1140. The van der Waals surface area contributed by atoms with E-state index in [1.54, 1.807) is 25.1 Å². The van der Waals surface area contributed by atoms with Gasteiger partial charge in [-0.1, -0.05) is 23.7 Å². The van der Waals surface area contributed by atoms with Crippen LogP contribution in [0.3, 0.4) is 0 Å². The molecule has 0 aliphatic heterocycles. The molecule has 0 fully saturated rings. The van der Waals surface area contributed by atoms with Gasteiger partial charge < -0.3 is 4.42 Å². The molecule has 134 valence electrons. The summed E-state index contributed by atoms with van der Waals surface area (Å²) in [4.78, 5) is 12.9. The van der Waals surface area contributed by atoms with Gasteiger partial charge in [0.15, 0.2) is 15.3 Å². The molecule has 4 nitrogen and oxygen atoms in total. The fraction of sp³-hybridized carbons (Fsp3) is 0.150. The highest BCUT2D eigenvalue weighted by atomic mass is 35.5. The van der Waals surface area contributed by atoms with Gasteiger partial charge in [0.2, 0.25) is 0 Å². The zero-order chi connectivity index (χ0) is 19.1. The molecule has 0 aliphatic rings. The van der Waals surface area contributed by atoms with Crippen molar-refractivity contribution >= 4 is 21.4 Å². The Labute approximate surface area is 157 Å². The Hall–Kier alpha value is -2.37. The minimum absolute atomic E-state index is 0.184. The first-order valence-electron chi connectivity index (χ1n) is 7.88. The van der Waals surface area contributed by atoms with Crippen LogP contribution in [0.4, 0.5) is 0 Å². The second-order valence-electron chi connectivity index (χ2n) is 6.19. The van der Waals surface area contributed by atoms with Crippen molar-refractivity contribution in [2.24, 2.45) is 0 Å². The number of hydrogen-bond acceptors (Lipinski definition) is 4. The number of hydrogen-bond donors (Lipinski definition) is 0. The van der Waals surface area contributed by atoms with Gasteiger partial charge in [-0.2, -0.15) is 0 Å². The smallest absolute Gasteiger partial charge is 0.193 e. The normalized spacial score (nSPS) is 11.5. The summed E-state index contributed by atoms with van der Waals surface area (Å²) in [6.07, 6.45) is 1.15. The zero-order valence-corrected chi connectivity index (χ0v) is 16.1. The maximum absolute atomic E-state index is 12.7. The lowest BCUT2D eigenvalue weighted by Gasteiger charge is -2.11. The van der Waals surface area contributed by atoms with Crippen LogP contribution in [0.25, 0.3) is 22.5 Å². The lowest BCUT2D eigenvalue weighted by molar-refractivity contribution is 0.531. The van der Waals surface area contributed by atoms with Crippen LogP contribution in [0.1, 0.15) is 11.3 Å². The van der Waals surface area contributed by atoms with Crippen LogP contribution in [-0.2, 0) is 9.84 Å². The molecule has 0 amide bonds. The number of rotatable bonds is 3. The maximum atomic E-state index is 12.7. The van der Waals surface area contributed by atoms with E-state index in [0.717, 1.165) is 11.8 Å². The average molecular weight is 389 g/mol. The molecule has 0 bridgehead atoms. The zero-order valence-electron chi connectivity index (χ0n) is 14.5. The van der Waals surface area contributed by atoms with Gasteiger partial charge in [-0.3, -0.25) is 4.79 Å². The molecule has 0 atom stereocenters. The molecule has 2 aromatic carbocycles. The second kappa shape index (κ2) is 6.74. The Balaban J connectivity index is 2.24. The standard InChI is InChI=1S/C20H17ClO4S/c1-12-4-5-15(11-17(12)21)19-18(22)10-13(2)25-20(19)14-6-8-16(9-7-14)26(3,23)24/h4-11H,1-3H3. The second-order valence-corrected chi connectivity index (χ2v) is 8.61. The fourth-order valence-electron chi connectivity index (χ4n) is 2.69. The monoisotopic (exact) mass is 388 g/mol. The summed E-state index contributed by atoms with van der Waals surface area (Å²) < 4.78 is 29.1. The highest BCUT2D eigenvalue weighted by molar-refractivity contribution is 7.90. The molecule has 0 saturated carbocycles. The van der Waals surface area contributed by atoms with E-state index in [0.29, 0.717) is 33.2 Å².